The summed E-state index contributed by atoms with van der Waals surface area (Å²) >= 11 is 0. The number of carbonyl (C=O) groups excluding carboxylic acids is 3. The molecule has 0 bridgehead atoms. The molecular weight excluding hydrogens is 841 g/mol. The standard InChI is InChI=1S/C62H104O6/c1-4-7-10-13-16-19-22-25-28-30-31-33-34-37-40-43-46-49-52-55-61(64)67-58-59(57-66-60(63)54-51-48-45-42-39-36-27-24-21-18-15-12-9-6-3)68-62(65)56-53-50-47-44-41-38-35-32-29-26-23-20-17-14-11-8-5-2/h16-17,19-20,25-26,28-29,31,33,35,37-38,40,44,47,59H,4-15,18,21-24,27,30,32,34,36,39,41-43,45-46,48-58H2,1-3H3/b19-16+,20-17+,28-25+,29-26+,33-31+,38-35+,40-37+,47-44+/t59-/m1/s1. The van der Waals surface area contributed by atoms with E-state index in [1.54, 1.807) is 0 Å². The molecule has 1 atom stereocenters. The second-order valence-electron chi connectivity index (χ2n) is 18.5. The van der Waals surface area contributed by atoms with Gasteiger partial charge in [0.2, 0.25) is 0 Å². The van der Waals surface area contributed by atoms with Crippen molar-refractivity contribution in [3.05, 3.63) is 97.2 Å². The fourth-order valence-corrected chi connectivity index (χ4v) is 7.54. The van der Waals surface area contributed by atoms with Crippen LogP contribution < -0.4 is 0 Å². The average Bonchev–Trinajstić information content (AvgIpc) is 3.34. The summed E-state index contributed by atoms with van der Waals surface area (Å²) in [5.74, 6) is -0.995. The SMILES string of the molecule is CCCCC/C=C/C/C=C/C/C=C/C/C=C/CCCCCC(=O)OC[C@@H](COC(=O)CCCCCCCCCCCCCCCC)OC(=O)CCC/C=C/C/C=C/C/C=C/C/C=C/CCCCC. The lowest BCUT2D eigenvalue weighted by Crippen LogP contribution is -2.30. The van der Waals surface area contributed by atoms with Crippen LogP contribution in [0.3, 0.4) is 0 Å². The zero-order chi connectivity index (χ0) is 49.3. The molecule has 6 heteroatoms. The third kappa shape index (κ3) is 53.3. The van der Waals surface area contributed by atoms with Crippen LogP contribution in [0.2, 0.25) is 0 Å². The van der Waals surface area contributed by atoms with E-state index < -0.39 is 6.10 Å². The number of rotatable bonds is 50. The van der Waals surface area contributed by atoms with Crippen molar-refractivity contribution < 1.29 is 28.6 Å². The molecule has 0 radical (unpaired) electrons. The maximum Gasteiger partial charge on any atom is 0.306 e. The fourth-order valence-electron chi connectivity index (χ4n) is 7.54. The fraction of sp³-hybridized carbons (Fsp3) is 0.694. The lowest BCUT2D eigenvalue weighted by atomic mass is 10.0. The van der Waals surface area contributed by atoms with Gasteiger partial charge in [-0.3, -0.25) is 14.4 Å². The predicted octanol–water partition coefficient (Wildman–Crippen LogP) is 18.9. The highest BCUT2D eigenvalue weighted by atomic mass is 16.6. The molecule has 0 aromatic rings. The smallest absolute Gasteiger partial charge is 0.306 e. The number of hydrogen-bond donors (Lipinski definition) is 0. The van der Waals surface area contributed by atoms with Gasteiger partial charge in [-0.15, -0.1) is 0 Å². The van der Waals surface area contributed by atoms with Crippen molar-refractivity contribution in [2.24, 2.45) is 0 Å². The van der Waals surface area contributed by atoms with Gasteiger partial charge in [-0.25, -0.2) is 0 Å². The van der Waals surface area contributed by atoms with E-state index in [9.17, 15) is 14.4 Å². The Kier molecular flexibility index (Phi) is 52.9. The van der Waals surface area contributed by atoms with Crippen LogP contribution in [0, 0.1) is 0 Å². The minimum Gasteiger partial charge on any atom is -0.462 e. The van der Waals surface area contributed by atoms with Crippen LogP contribution in [0.15, 0.2) is 97.2 Å². The Morgan fingerprint density at radius 2 is 0.544 bits per heavy atom. The number of allylic oxidation sites excluding steroid dienone is 16. The largest absolute Gasteiger partial charge is 0.462 e. The summed E-state index contributed by atoms with van der Waals surface area (Å²) in [4.78, 5) is 38.1. The minimum absolute atomic E-state index is 0.108. The van der Waals surface area contributed by atoms with Crippen LogP contribution in [0.5, 0.6) is 0 Å². The molecule has 0 saturated heterocycles. The van der Waals surface area contributed by atoms with Gasteiger partial charge in [-0.2, -0.15) is 0 Å². The summed E-state index contributed by atoms with van der Waals surface area (Å²) in [6, 6.07) is 0. The third-order valence-corrected chi connectivity index (χ3v) is 11.8. The maximum absolute atomic E-state index is 12.8. The molecule has 0 unspecified atom stereocenters. The summed E-state index contributed by atoms with van der Waals surface area (Å²) in [6.07, 6.45) is 73.9. The Balaban J connectivity index is 4.53. The number of unbranched alkanes of at least 4 members (excludes halogenated alkanes) is 23. The predicted molar refractivity (Wildman–Crippen MR) is 293 cm³/mol. The molecule has 0 heterocycles. The molecule has 0 amide bonds. The van der Waals surface area contributed by atoms with Crippen LogP contribution in [-0.4, -0.2) is 37.2 Å². The third-order valence-electron chi connectivity index (χ3n) is 11.8. The van der Waals surface area contributed by atoms with Gasteiger partial charge in [0.25, 0.3) is 0 Å². The molecule has 6 nitrogen and oxygen atoms in total. The van der Waals surface area contributed by atoms with Crippen molar-refractivity contribution in [1.82, 2.24) is 0 Å². The molecule has 0 fully saturated rings. The van der Waals surface area contributed by atoms with Crippen molar-refractivity contribution in [2.45, 2.75) is 264 Å². The zero-order valence-electron chi connectivity index (χ0n) is 44.3. The summed E-state index contributed by atoms with van der Waals surface area (Å²) in [6.45, 7) is 6.52. The van der Waals surface area contributed by atoms with Gasteiger partial charge in [0.1, 0.15) is 13.2 Å². The van der Waals surface area contributed by atoms with Crippen LogP contribution in [0.4, 0.5) is 0 Å². The molecule has 0 aromatic heterocycles. The first-order chi connectivity index (χ1) is 33.5. The first-order valence-corrected chi connectivity index (χ1v) is 28.2. The van der Waals surface area contributed by atoms with Gasteiger partial charge in [0.15, 0.2) is 6.10 Å². The number of hydrogen-bond acceptors (Lipinski definition) is 6. The van der Waals surface area contributed by atoms with Gasteiger partial charge in [0, 0.05) is 19.3 Å². The van der Waals surface area contributed by atoms with Crippen molar-refractivity contribution in [3.8, 4) is 0 Å². The minimum atomic E-state index is -0.819. The molecule has 0 aliphatic rings. The van der Waals surface area contributed by atoms with Crippen LogP contribution in [0.1, 0.15) is 258 Å². The molecule has 68 heavy (non-hydrogen) atoms. The molecule has 0 aliphatic carbocycles. The lowest BCUT2D eigenvalue weighted by Gasteiger charge is -2.18. The summed E-state index contributed by atoms with van der Waals surface area (Å²) in [5.41, 5.74) is 0. The van der Waals surface area contributed by atoms with Gasteiger partial charge >= 0.3 is 17.9 Å². The van der Waals surface area contributed by atoms with Crippen LogP contribution in [-0.2, 0) is 28.6 Å². The molecule has 0 aromatic carbocycles. The zero-order valence-corrected chi connectivity index (χ0v) is 44.3. The maximum atomic E-state index is 12.8. The summed E-state index contributed by atoms with van der Waals surface area (Å²) < 4.78 is 16.8. The highest BCUT2D eigenvalue weighted by Gasteiger charge is 2.19. The Hall–Kier alpha value is -3.67. The van der Waals surface area contributed by atoms with Gasteiger partial charge in [-0.1, -0.05) is 234 Å². The van der Waals surface area contributed by atoms with Crippen molar-refractivity contribution in [3.63, 3.8) is 0 Å². The summed E-state index contributed by atoms with van der Waals surface area (Å²) in [5, 5.41) is 0. The van der Waals surface area contributed by atoms with Crippen LogP contribution >= 0.6 is 0 Å². The number of carbonyl (C=O) groups is 3. The van der Waals surface area contributed by atoms with Crippen LogP contribution in [0.25, 0.3) is 0 Å². The molecule has 388 valence electrons. The van der Waals surface area contributed by atoms with Gasteiger partial charge < -0.3 is 14.2 Å². The molecule has 0 saturated carbocycles. The number of esters is 3. The van der Waals surface area contributed by atoms with Crippen molar-refractivity contribution in [1.29, 1.82) is 0 Å². The number of ether oxygens (including phenoxy) is 3. The Morgan fingerprint density at radius 1 is 0.294 bits per heavy atom. The van der Waals surface area contributed by atoms with E-state index in [1.807, 2.05) is 0 Å². The van der Waals surface area contributed by atoms with E-state index in [4.69, 9.17) is 14.2 Å². The monoisotopic (exact) mass is 945 g/mol. The van der Waals surface area contributed by atoms with Gasteiger partial charge in [-0.05, 0) is 103 Å². The Morgan fingerprint density at radius 3 is 0.897 bits per heavy atom. The highest BCUT2D eigenvalue weighted by molar-refractivity contribution is 5.71. The molecular formula is C62H104O6. The van der Waals surface area contributed by atoms with E-state index in [0.29, 0.717) is 19.3 Å². The molecule has 0 rings (SSSR count). The quantitative estimate of drug-likeness (QED) is 0.0262. The normalized spacial score (nSPS) is 12.8. The average molecular weight is 946 g/mol. The first kappa shape index (κ1) is 64.3. The van der Waals surface area contributed by atoms with E-state index in [0.717, 1.165) is 89.9 Å². The van der Waals surface area contributed by atoms with E-state index in [-0.39, 0.29) is 37.5 Å². The second-order valence-corrected chi connectivity index (χ2v) is 18.5. The van der Waals surface area contributed by atoms with E-state index in [1.165, 1.54) is 122 Å². The lowest BCUT2D eigenvalue weighted by molar-refractivity contribution is -0.167. The molecule has 0 spiro atoms. The Labute approximate surface area is 419 Å². The van der Waals surface area contributed by atoms with Crippen molar-refractivity contribution >= 4 is 17.9 Å². The van der Waals surface area contributed by atoms with Gasteiger partial charge in [0.05, 0.1) is 0 Å². The first-order valence-electron chi connectivity index (χ1n) is 28.2. The van der Waals surface area contributed by atoms with E-state index in [2.05, 4.69) is 118 Å². The second kappa shape index (κ2) is 55.9. The highest BCUT2D eigenvalue weighted by Crippen LogP contribution is 2.14. The van der Waals surface area contributed by atoms with E-state index >= 15 is 0 Å². The summed E-state index contributed by atoms with van der Waals surface area (Å²) in [7, 11) is 0. The topological polar surface area (TPSA) is 78.9 Å². The molecule has 0 aliphatic heterocycles. The molecule has 0 N–H and O–H groups in total. The Bertz CT molecular complexity index is 1360. The van der Waals surface area contributed by atoms with Crippen molar-refractivity contribution in [2.75, 3.05) is 13.2 Å².